The van der Waals surface area contributed by atoms with E-state index >= 15 is 0 Å². The van der Waals surface area contributed by atoms with Crippen molar-refractivity contribution < 1.29 is 23.8 Å². The molecule has 1 saturated carbocycles. The minimum absolute atomic E-state index is 0.0581. The van der Waals surface area contributed by atoms with Gasteiger partial charge in [-0.2, -0.15) is 0 Å². The second-order valence-corrected chi connectivity index (χ2v) is 8.63. The first-order chi connectivity index (χ1) is 15.2. The van der Waals surface area contributed by atoms with Crippen LogP contribution in [0.15, 0.2) is 41.2 Å². The molecule has 1 atom stereocenters. The molecule has 0 spiro atoms. The zero-order valence-corrected chi connectivity index (χ0v) is 17.6. The SMILES string of the molecule is O=C(N=C1CCN2C(=O)COc3ccccc3C3CCC(CC3)O/C=C/12)[C@@H]1CCCO1. The molecule has 2 bridgehead atoms. The lowest BCUT2D eigenvalue weighted by molar-refractivity contribution is -0.131. The summed E-state index contributed by atoms with van der Waals surface area (Å²) in [5.74, 6) is 0.773. The molecule has 4 heterocycles. The first kappa shape index (κ1) is 20.2. The van der Waals surface area contributed by atoms with Crippen LogP contribution in [-0.4, -0.2) is 54.4 Å². The van der Waals surface area contributed by atoms with Crippen LogP contribution in [0.25, 0.3) is 0 Å². The van der Waals surface area contributed by atoms with Gasteiger partial charge in [0.25, 0.3) is 11.8 Å². The first-order valence-electron chi connectivity index (χ1n) is 11.3. The summed E-state index contributed by atoms with van der Waals surface area (Å²) >= 11 is 0. The molecule has 1 aromatic carbocycles. The largest absolute Gasteiger partial charge is 0.496 e. The average Bonchev–Trinajstić information content (AvgIpc) is 3.47. The van der Waals surface area contributed by atoms with Gasteiger partial charge in [0.15, 0.2) is 6.61 Å². The van der Waals surface area contributed by atoms with E-state index in [0.29, 0.717) is 43.3 Å². The molecule has 2 saturated heterocycles. The van der Waals surface area contributed by atoms with Crippen molar-refractivity contribution in [2.45, 2.75) is 63.1 Å². The lowest BCUT2D eigenvalue weighted by Crippen LogP contribution is -2.32. The van der Waals surface area contributed by atoms with Crippen molar-refractivity contribution in [2.24, 2.45) is 4.99 Å². The molecule has 0 aromatic heterocycles. The number of nitrogens with zero attached hydrogens (tertiary/aromatic N) is 2. The molecule has 2 amide bonds. The fraction of sp³-hybridized carbons (Fsp3) is 0.542. The van der Waals surface area contributed by atoms with E-state index in [2.05, 4.69) is 11.1 Å². The zero-order valence-electron chi connectivity index (χ0n) is 17.6. The second kappa shape index (κ2) is 8.83. The van der Waals surface area contributed by atoms with Crippen LogP contribution in [0, 0.1) is 0 Å². The van der Waals surface area contributed by atoms with Gasteiger partial charge in [0.2, 0.25) is 0 Å². The number of ether oxygens (including phenoxy) is 3. The molecular formula is C24H28N2O5. The van der Waals surface area contributed by atoms with Crippen molar-refractivity contribution in [3.05, 3.63) is 41.8 Å². The Labute approximate surface area is 182 Å². The fourth-order valence-corrected chi connectivity index (χ4v) is 4.94. The first-order valence-corrected chi connectivity index (χ1v) is 11.3. The Morgan fingerprint density at radius 2 is 1.94 bits per heavy atom. The normalized spacial score (nSPS) is 31.4. The summed E-state index contributed by atoms with van der Waals surface area (Å²) < 4.78 is 17.6. The van der Waals surface area contributed by atoms with E-state index in [9.17, 15) is 9.59 Å². The molecule has 7 heteroatoms. The summed E-state index contributed by atoms with van der Waals surface area (Å²) in [6, 6.07) is 8.02. The van der Waals surface area contributed by atoms with E-state index in [0.717, 1.165) is 37.9 Å². The van der Waals surface area contributed by atoms with Crippen LogP contribution >= 0.6 is 0 Å². The second-order valence-electron chi connectivity index (χ2n) is 8.63. The smallest absolute Gasteiger partial charge is 0.275 e. The third-order valence-corrected chi connectivity index (χ3v) is 6.67. The van der Waals surface area contributed by atoms with Crippen LogP contribution in [0.1, 0.15) is 56.4 Å². The van der Waals surface area contributed by atoms with Crippen molar-refractivity contribution >= 4 is 17.5 Å². The number of allylic oxidation sites excluding steroid dienone is 1. The summed E-state index contributed by atoms with van der Waals surface area (Å²) in [4.78, 5) is 31.5. The summed E-state index contributed by atoms with van der Waals surface area (Å²) in [5.41, 5.74) is 2.35. The van der Waals surface area contributed by atoms with Gasteiger partial charge >= 0.3 is 0 Å². The van der Waals surface area contributed by atoms with Crippen LogP contribution in [0.2, 0.25) is 0 Å². The quantitative estimate of drug-likeness (QED) is 0.691. The molecule has 31 heavy (non-hydrogen) atoms. The highest BCUT2D eigenvalue weighted by molar-refractivity contribution is 6.10. The Kier molecular flexibility index (Phi) is 5.76. The number of fused-ring (bicyclic) bond motifs is 5. The van der Waals surface area contributed by atoms with Gasteiger partial charge in [-0.1, -0.05) is 18.2 Å². The molecular weight excluding hydrogens is 396 g/mol. The van der Waals surface area contributed by atoms with E-state index < -0.39 is 6.10 Å². The number of amides is 2. The van der Waals surface area contributed by atoms with E-state index in [1.165, 1.54) is 5.56 Å². The van der Waals surface area contributed by atoms with Crippen molar-refractivity contribution in [1.82, 2.24) is 4.90 Å². The molecule has 164 valence electrons. The van der Waals surface area contributed by atoms with Crippen LogP contribution < -0.4 is 4.74 Å². The molecule has 3 fully saturated rings. The van der Waals surface area contributed by atoms with E-state index in [1.807, 2.05) is 18.2 Å². The molecule has 4 aliphatic heterocycles. The van der Waals surface area contributed by atoms with Gasteiger partial charge in [-0.3, -0.25) is 9.59 Å². The van der Waals surface area contributed by atoms with E-state index in [4.69, 9.17) is 14.2 Å². The summed E-state index contributed by atoms with van der Waals surface area (Å²) in [5, 5.41) is 0. The number of aliphatic imine (C=N–C) groups is 1. The highest BCUT2D eigenvalue weighted by Crippen LogP contribution is 2.39. The predicted octanol–water partition coefficient (Wildman–Crippen LogP) is 3.34. The topological polar surface area (TPSA) is 77.4 Å². The molecule has 6 rings (SSSR count). The van der Waals surface area contributed by atoms with Gasteiger partial charge in [-0.05, 0) is 56.1 Å². The Balaban J connectivity index is 1.42. The van der Waals surface area contributed by atoms with Crippen molar-refractivity contribution in [1.29, 1.82) is 0 Å². The van der Waals surface area contributed by atoms with E-state index in [-0.39, 0.29) is 24.5 Å². The average molecular weight is 424 g/mol. The summed E-state index contributed by atoms with van der Waals surface area (Å²) in [6.45, 7) is 1.00. The Morgan fingerprint density at radius 1 is 1.10 bits per heavy atom. The van der Waals surface area contributed by atoms with Crippen molar-refractivity contribution in [2.75, 3.05) is 19.8 Å². The van der Waals surface area contributed by atoms with Gasteiger partial charge in [-0.25, -0.2) is 4.99 Å². The number of carbonyl (C=O) groups excluding carboxylic acids is 2. The third kappa shape index (κ3) is 4.24. The van der Waals surface area contributed by atoms with Gasteiger partial charge < -0.3 is 19.1 Å². The zero-order chi connectivity index (χ0) is 21.2. The van der Waals surface area contributed by atoms with Crippen LogP contribution in [0.5, 0.6) is 5.75 Å². The molecule has 0 unspecified atom stereocenters. The number of hydrogen-bond donors (Lipinski definition) is 0. The Hall–Kier alpha value is -2.67. The number of carbonyl (C=O) groups is 2. The monoisotopic (exact) mass is 424 g/mol. The Bertz CT molecular complexity index is 910. The minimum atomic E-state index is -0.469. The van der Waals surface area contributed by atoms with Gasteiger partial charge in [0.05, 0.1) is 11.8 Å². The number of benzene rings is 1. The molecule has 1 aromatic rings. The fourth-order valence-electron chi connectivity index (χ4n) is 4.94. The van der Waals surface area contributed by atoms with E-state index in [1.54, 1.807) is 11.2 Å². The number of rotatable bonds is 1. The number of para-hydroxylation sites is 1. The number of hydrogen-bond acceptors (Lipinski definition) is 5. The Morgan fingerprint density at radius 3 is 2.74 bits per heavy atom. The predicted molar refractivity (Wildman–Crippen MR) is 114 cm³/mol. The maximum absolute atomic E-state index is 13.0. The van der Waals surface area contributed by atoms with Crippen LogP contribution in [-0.2, 0) is 19.1 Å². The summed E-state index contributed by atoms with van der Waals surface area (Å²) in [6.07, 6.45) is 7.29. The maximum Gasteiger partial charge on any atom is 0.275 e. The van der Waals surface area contributed by atoms with Crippen molar-refractivity contribution in [3.8, 4) is 5.75 Å². The van der Waals surface area contributed by atoms with Crippen LogP contribution in [0.4, 0.5) is 0 Å². The molecule has 1 aliphatic carbocycles. The standard InChI is InChI=1S/C24H28N2O5/c27-23-15-31-21-5-2-1-4-18(21)16-7-9-17(10-8-16)30-14-20-19(11-12-26(20)23)25-24(28)22-6-3-13-29-22/h1-2,4-5,14,16-17,22H,3,6-13,15H2/b20-14-,25-19?/t16?,17?,22-/m0/s1. The molecule has 0 N–H and O–H groups in total. The van der Waals surface area contributed by atoms with Gasteiger partial charge in [0, 0.05) is 19.6 Å². The van der Waals surface area contributed by atoms with Gasteiger partial charge in [0.1, 0.15) is 23.8 Å². The third-order valence-electron chi connectivity index (χ3n) is 6.67. The maximum atomic E-state index is 13.0. The molecule has 5 aliphatic rings. The molecule has 7 nitrogen and oxygen atoms in total. The highest BCUT2D eigenvalue weighted by atomic mass is 16.5. The molecule has 0 radical (unpaired) electrons. The minimum Gasteiger partial charge on any atom is -0.496 e. The highest BCUT2D eigenvalue weighted by Gasteiger charge is 2.33. The summed E-state index contributed by atoms with van der Waals surface area (Å²) in [7, 11) is 0. The lowest BCUT2D eigenvalue weighted by atomic mass is 9.82. The van der Waals surface area contributed by atoms with Crippen LogP contribution in [0.3, 0.4) is 0 Å². The lowest BCUT2D eigenvalue weighted by Gasteiger charge is -2.29. The van der Waals surface area contributed by atoms with Gasteiger partial charge in [-0.15, -0.1) is 0 Å². The van der Waals surface area contributed by atoms with Crippen molar-refractivity contribution in [3.63, 3.8) is 0 Å².